The maximum atomic E-state index is 12.7. The number of rotatable bonds is 6. The third-order valence-corrected chi connectivity index (χ3v) is 5.58. The van der Waals surface area contributed by atoms with Crippen molar-refractivity contribution in [3.8, 4) is 5.82 Å². The third kappa shape index (κ3) is 4.75. The number of amides is 1. The van der Waals surface area contributed by atoms with E-state index in [0.29, 0.717) is 19.0 Å². The van der Waals surface area contributed by atoms with Gasteiger partial charge in [0.15, 0.2) is 5.96 Å². The Morgan fingerprint density at radius 1 is 1.24 bits per heavy atom. The van der Waals surface area contributed by atoms with Crippen LogP contribution in [0.5, 0.6) is 0 Å². The molecule has 0 aromatic carbocycles. The van der Waals surface area contributed by atoms with Crippen LogP contribution in [0.2, 0.25) is 0 Å². The Hall–Kier alpha value is -2.90. The molecule has 29 heavy (non-hydrogen) atoms. The lowest BCUT2D eigenvalue weighted by atomic mass is 9.84. The lowest BCUT2D eigenvalue weighted by Gasteiger charge is -2.31. The van der Waals surface area contributed by atoms with Crippen LogP contribution in [0, 0.1) is 12.3 Å². The first-order valence-electron chi connectivity index (χ1n) is 10.1. The van der Waals surface area contributed by atoms with E-state index >= 15 is 0 Å². The predicted octanol–water partition coefficient (Wildman–Crippen LogP) is 1.89. The van der Waals surface area contributed by atoms with Gasteiger partial charge >= 0.3 is 0 Å². The van der Waals surface area contributed by atoms with Gasteiger partial charge in [-0.1, -0.05) is 18.9 Å². The zero-order valence-electron chi connectivity index (χ0n) is 17.8. The minimum absolute atomic E-state index is 0.201. The number of hydrogen-bond acceptors (Lipinski definition) is 4. The summed E-state index contributed by atoms with van der Waals surface area (Å²) in [5.41, 5.74) is 0.724. The van der Waals surface area contributed by atoms with E-state index in [0.717, 1.165) is 42.9 Å². The van der Waals surface area contributed by atoms with Gasteiger partial charge in [0, 0.05) is 52.8 Å². The molecule has 8 nitrogen and oxygen atoms in total. The van der Waals surface area contributed by atoms with Gasteiger partial charge in [-0.15, -0.1) is 0 Å². The monoisotopic (exact) mass is 397 g/mol. The first kappa shape index (κ1) is 20.8. The molecule has 8 heteroatoms. The summed E-state index contributed by atoms with van der Waals surface area (Å²) >= 11 is 0. The van der Waals surface area contributed by atoms with Crippen LogP contribution in [0.4, 0.5) is 0 Å². The van der Waals surface area contributed by atoms with Crippen LogP contribution in [0.1, 0.15) is 37.1 Å². The average Bonchev–Trinajstić information content (AvgIpc) is 3.38. The zero-order valence-corrected chi connectivity index (χ0v) is 17.8. The summed E-state index contributed by atoms with van der Waals surface area (Å²) in [6.45, 7) is 3.15. The molecular weight excluding hydrogens is 366 g/mol. The van der Waals surface area contributed by atoms with Crippen LogP contribution < -0.4 is 10.6 Å². The molecule has 2 heterocycles. The number of carbonyl (C=O) groups is 1. The summed E-state index contributed by atoms with van der Waals surface area (Å²) in [6.07, 6.45) is 9.56. The number of aryl methyl sites for hydroxylation is 1. The Morgan fingerprint density at radius 3 is 2.55 bits per heavy atom. The molecule has 1 amide bonds. The Morgan fingerprint density at radius 2 is 2.00 bits per heavy atom. The molecule has 0 unspecified atom stereocenters. The molecule has 1 saturated carbocycles. The van der Waals surface area contributed by atoms with E-state index in [1.54, 1.807) is 18.1 Å². The first-order valence-corrected chi connectivity index (χ1v) is 10.1. The summed E-state index contributed by atoms with van der Waals surface area (Å²) in [5.74, 6) is 2.64. The summed E-state index contributed by atoms with van der Waals surface area (Å²) in [7, 11) is 5.41. The summed E-state index contributed by atoms with van der Waals surface area (Å²) < 4.78 is 1.94. The van der Waals surface area contributed by atoms with E-state index in [2.05, 4.69) is 25.6 Å². The fourth-order valence-corrected chi connectivity index (χ4v) is 3.94. The van der Waals surface area contributed by atoms with Crippen molar-refractivity contribution in [3.63, 3.8) is 0 Å². The number of nitrogens with zero attached hydrogens (tertiary/aromatic N) is 5. The molecule has 2 N–H and O–H groups in total. The van der Waals surface area contributed by atoms with Gasteiger partial charge in [-0.05, 0) is 31.4 Å². The van der Waals surface area contributed by atoms with E-state index in [-0.39, 0.29) is 11.3 Å². The summed E-state index contributed by atoms with van der Waals surface area (Å²) in [5, 5.41) is 6.67. The first-order chi connectivity index (χ1) is 13.9. The van der Waals surface area contributed by atoms with Crippen molar-refractivity contribution in [1.29, 1.82) is 0 Å². The largest absolute Gasteiger partial charge is 0.355 e. The molecular formula is C21H31N7O. The highest BCUT2D eigenvalue weighted by Gasteiger charge is 2.42. The molecule has 0 saturated heterocycles. The lowest BCUT2D eigenvalue weighted by Crippen LogP contribution is -2.49. The van der Waals surface area contributed by atoms with Crippen LogP contribution in [0.25, 0.3) is 5.82 Å². The molecule has 1 aliphatic carbocycles. The number of hydrogen-bond donors (Lipinski definition) is 2. The van der Waals surface area contributed by atoms with Crippen molar-refractivity contribution in [2.45, 2.75) is 39.2 Å². The lowest BCUT2D eigenvalue weighted by molar-refractivity contribution is -0.138. The van der Waals surface area contributed by atoms with E-state index in [4.69, 9.17) is 0 Å². The highest BCUT2D eigenvalue weighted by molar-refractivity contribution is 5.85. The molecule has 0 spiro atoms. The minimum Gasteiger partial charge on any atom is -0.355 e. The minimum atomic E-state index is -0.326. The maximum Gasteiger partial charge on any atom is 0.230 e. The van der Waals surface area contributed by atoms with Crippen LogP contribution in [0.3, 0.4) is 0 Å². The molecule has 0 radical (unpaired) electrons. The number of nitrogens with one attached hydrogen (secondary N) is 2. The van der Waals surface area contributed by atoms with E-state index < -0.39 is 0 Å². The van der Waals surface area contributed by atoms with Crippen LogP contribution in [-0.2, 0) is 11.3 Å². The molecule has 3 rings (SSSR count). The summed E-state index contributed by atoms with van der Waals surface area (Å²) in [6, 6.07) is 4.02. The van der Waals surface area contributed by atoms with E-state index in [1.807, 2.05) is 50.1 Å². The van der Waals surface area contributed by atoms with Gasteiger partial charge < -0.3 is 15.5 Å². The second-order valence-corrected chi connectivity index (χ2v) is 7.84. The Kier molecular flexibility index (Phi) is 6.51. The second kappa shape index (κ2) is 9.07. The molecule has 0 bridgehead atoms. The molecule has 1 aliphatic rings. The van der Waals surface area contributed by atoms with Gasteiger partial charge in [-0.25, -0.2) is 9.97 Å². The highest BCUT2D eigenvalue weighted by atomic mass is 16.2. The molecule has 1 fully saturated rings. The number of aromatic nitrogens is 3. The van der Waals surface area contributed by atoms with Crippen LogP contribution in [-0.4, -0.2) is 59.0 Å². The number of imidazole rings is 1. The smallest absolute Gasteiger partial charge is 0.230 e. The molecule has 0 aliphatic heterocycles. The number of aliphatic imine (C=N–C) groups is 1. The average molecular weight is 398 g/mol. The fraction of sp³-hybridized carbons (Fsp3) is 0.524. The SMILES string of the molecule is CN=C(NCc1ccc(-n2ccnc2C)nc1)NCC1(C(=O)N(C)C)CCCC1. The fourth-order valence-electron chi connectivity index (χ4n) is 3.94. The van der Waals surface area contributed by atoms with Crippen molar-refractivity contribution in [2.75, 3.05) is 27.7 Å². The Bertz CT molecular complexity index is 848. The maximum absolute atomic E-state index is 12.7. The molecule has 0 atom stereocenters. The zero-order chi connectivity index (χ0) is 20.9. The Balaban J connectivity index is 1.56. The normalized spacial score (nSPS) is 15.9. The van der Waals surface area contributed by atoms with Gasteiger partial charge in [0.2, 0.25) is 5.91 Å². The summed E-state index contributed by atoms with van der Waals surface area (Å²) in [4.78, 5) is 27.5. The van der Waals surface area contributed by atoms with E-state index in [1.165, 1.54) is 0 Å². The van der Waals surface area contributed by atoms with Gasteiger partial charge in [0.25, 0.3) is 0 Å². The standard InChI is InChI=1S/C21H31N7O/c1-16-23-11-12-28(16)18-8-7-17(13-24-18)14-25-20(22-2)26-15-21(9-5-6-10-21)19(29)27(3)4/h7-8,11-13H,5-6,9-10,14-15H2,1-4H3,(H2,22,25,26). The molecule has 2 aromatic rings. The van der Waals surface area contributed by atoms with Crippen LogP contribution in [0.15, 0.2) is 35.7 Å². The highest BCUT2D eigenvalue weighted by Crippen LogP contribution is 2.38. The second-order valence-electron chi connectivity index (χ2n) is 7.84. The van der Waals surface area contributed by atoms with Crippen molar-refractivity contribution >= 4 is 11.9 Å². The molecule has 2 aromatic heterocycles. The van der Waals surface area contributed by atoms with Crippen molar-refractivity contribution in [2.24, 2.45) is 10.4 Å². The quantitative estimate of drug-likeness (QED) is 0.574. The number of carbonyl (C=O) groups excluding carboxylic acids is 1. The number of guanidine groups is 1. The number of pyridine rings is 1. The third-order valence-electron chi connectivity index (χ3n) is 5.58. The van der Waals surface area contributed by atoms with Crippen molar-refractivity contribution in [3.05, 3.63) is 42.1 Å². The van der Waals surface area contributed by atoms with Gasteiger partial charge in [-0.3, -0.25) is 14.4 Å². The topological polar surface area (TPSA) is 87.4 Å². The van der Waals surface area contributed by atoms with Crippen LogP contribution >= 0.6 is 0 Å². The van der Waals surface area contributed by atoms with Gasteiger partial charge in [0.05, 0.1) is 5.41 Å². The van der Waals surface area contributed by atoms with E-state index in [9.17, 15) is 4.79 Å². The predicted molar refractivity (Wildman–Crippen MR) is 114 cm³/mol. The van der Waals surface area contributed by atoms with Gasteiger partial charge in [0.1, 0.15) is 11.6 Å². The van der Waals surface area contributed by atoms with Crippen molar-refractivity contribution in [1.82, 2.24) is 30.1 Å². The van der Waals surface area contributed by atoms with Crippen molar-refractivity contribution < 1.29 is 4.79 Å². The van der Waals surface area contributed by atoms with Gasteiger partial charge in [-0.2, -0.15) is 0 Å². The Labute approximate surface area is 172 Å². The molecule has 156 valence electrons.